The molecule has 0 amide bonds. The Kier molecular flexibility index (Phi) is 7.35. The van der Waals surface area contributed by atoms with Crippen LogP contribution in [0.4, 0.5) is 0 Å². The van der Waals surface area contributed by atoms with Gasteiger partial charge in [0, 0.05) is 5.56 Å². The summed E-state index contributed by atoms with van der Waals surface area (Å²) >= 11 is 0. The molecule has 0 radical (unpaired) electrons. The van der Waals surface area contributed by atoms with E-state index in [0.717, 1.165) is 0 Å². The molecule has 0 saturated carbocycles. The summed E-state index contributed by atoms with van der Waals surface area (Å²) in [7, 11) is 9.96. The SMILES string of the molecule is COC(=O)C1=C/c2cc(OC)c(OC)cc2-c2c(cc(OC)c(OC)c2OC)/C=C\1C(=O)OC. The average molecular weight is 470 g/mol. The molecule has 0 heterocycles. The molecule has 0 saturated heterocycles. The number of ether oxygens (including phenoxy) is 7. The van der Waals surface area contributed by atoms with Gasteiger partial charge >= 0.3 is 11.9 Å². The first-order valence-electron chi connectivity index (χ1n) is 10.1. The standard InChI is InChI=1S/C25H26O9/c1-28-18-10-13-8-16(24(26)33-6)17(25(27)34-7)9-14-11-20(30-3)22(31-4)23(32-5)21(14)15(13)12-19(18)29-2/h8-12H,1-7H3/b13-8?,14-9?,16-8+,17-9+,17-16?,21-15?. The number of benzene rings is 2. The number of carbonyl (C=O) groups is 2. The summed E-state index contributed by atoms with van der Waals surface area (Å²) < 4.78 is 37.7. The predicted molar refractivity (Wildman–Crippen MR) is 125 cm³/mol. The van der Waals surface area contributed by atoms with Crippen LogP contribution in [0, 0.1) is 0 Å². The quantitative estimate of drug-likeness (QED) is 0.563. The minimum absolute atomic E-state index is 0.00206. The van der Waals surface area contributed by atoms with Crippen molar-refractivity contribution in [3.63, 3.8) is 0 Å². The molecule has 0 spiro atoms. The summed E-state index contributed by atoms with van der Waals surface area (Å²) in [6, 6.07) is 5.13. The van der Waals surface area contributed by atoms with Crippen molar-refractivity contribution in [3.05, 3.63) is 40.5 Å². The second kappa shape index (κ2) is 10.2. The molecule has 0 atom stereocenters. The molecular formula is C25H26O9. The first-order chi connectivity index (χ1) is 16.4. The van der Waals surface area contributed by atoms with Crippen molar-refractivity contribution in [1.29, 1.82) is 0 Å². The molecule has 9 nitrogen and oxygen atoms in total. The van der Waals surface area contributed by atoms with Crippen LogP contribution in [0.15, 0.2) is 29.3 Å². The molecule has 0 aromatic heterocycles. The van der Waals surface area contributed by atoms with Crippen LogP contribution in [0.3, 0.4) is 0 Å². The van der Waals surface area contributed by atoms with Gasteiger partial charge in [-0.15, -0.1) is 0 Å². The van der Waals surface area contributed by atoms with Gasteiger partial charge < -0.3 is 33.2 Å². The van der Waals surface area contributed by atoms with Crippen LogP contribution in [0.25, 0.3) is 23.3 Å². The summed E-state index contributed by atoms with van der Waals surface area (Å²) in [5.41, 5.74) is 2.26. The fourth-order valence-corrected chi connectivity index (χ4v) is 3.82. The Hall–Kier alpha value is -4.14. The highest BCUT2D eigenvalue weighted by Crippen LogP contribution is 2.51. The number of methoxy groups -OCH3 is 7. The van der Waals surface area contributed by atoms with Gasteiger partial charge in [0.1, 0.15) is 0 Å². The van der Waals surface area contributed by atoms with E-state index in [0.29, 0.717) is 51.0 Å². The number of carbonyl (C=O) groups excluding carboxylic acids is 2. The van der Waals surface area contributed by atoms with Crippen molar-refractivity contribution >= 4 is 24.1 Å². The molecule has 2 aromatic carbocycles. The first kappa shape index (κ1) is 24.5. The van der Waals surface area contributed by atoms with Gasteiger partial charge in [-0.2, -0.15) is 0 Å². The molecule has 1 aliphatic rings. The van der Waals surface area contributed by atoms with Gasteiger partial charge in [-0.25, -0.2) is 9.59 Å². The van der Waals surface area contributed by atoms with Crippen LogP contribution < -0.4 is 23.7 Å². The van der Waals surface area contributed by atoms with E-state index in [4.69, 9.17) is 33.2 Å². The molecule has 180 valence electrons. The lowest BCUT2D eigenvalue weighted by molar-refractivity contribution is -0.139. The highest BCUT2D eigenvalue weighted by atomic mass is 16.5. The van der Waals surface area contributed by atoms with Crippen LogP contribution in [0.1, 0.15) is 11.1 Å². The molecule has 0 aliphatic heterocycles. The zero-order valence-corrected chi connectivity index (χ0v) is 20.1. The van der Waals surface area contributed by atoms with E-state index in [1.54, 1.807) is 18.2 Å². The number of fused-ring (bicyclic) bond motifs is 3. The molecule has 1 aliphatic carbocycles. The molecule has 2 aromatic rings. The van der Waals surface area contributed by atoms with Crippen LogP contribution in [0.5, 0.6) is 28.7 Å². The summed E-state index contributed by atoms with van der Waals surface area (Å²) in [6.07, 6.45) is 3.05. The Morgan fingerprint density at radius 2 is 1.03 bits per heavy atom. The third-order valence-corrected chi connectivity index (χ3v) is 5.39. The van der Waals surface area contributed by atoms with Crippen molar-refractivity contribution in [3.8, 4) is 39.9 Å². The number of hydrogen-bond donors (Lipinski definition) is 0. The number of esters is 2. The zero-order valence-electron chi connectivity index (χ0n) is 20.1. The molecule has 3 rings (SSSR count). The van der Waals surface area contributed by atoms with Gasteiger partial charge in [-0.05, 0) is 47.0 Å². The van der Waals surface area contributed by atoms with Crippen molar-refractivity contribution in [1.82, 2.24) is 0 Å². The molecule has 9 heteroatoms. The predicted octanol–water partition coefficient (Wildman–Crippen LogP) is 3.52. The monoisotopic (exact) mass is 470 g/mol. The van der Waals surface area contributed by atoms with Crippen LogP contribution in [-0.2, 0) is 19.1 Å². The molecule has 0 unspecified atom stereocenters. The maximum Gasteiger partial charge on any atom is 0.338 e. The normalized spacial score (nSPS) is 15.0. The minimum atomic E-state index is -0.722. The largest absolute Gasteiger partial charge is 0.493 e. The first-order valence-corrected chi connectivity index (χ1v) is 10.1. The van der Waals surface area contributed by atoms with E-state index in [9.17, 15) is 9.59 Å². The molecule has 0 fully saturated rings. The maximum absolute atomic E-state index is 12.8. The van der Waals surface area contributed by atoms with E-state index in [1.165, 1.54) is 61.9 Å². The second-order valence-electron chi connectivity index (χ2n) is 7.00. The van der Waals surface area contributed by atoms with E-state index < -0.39 is 11.9 Å². The van der Waals surface area contributed by atoms with Crippen molar-refractivity contribution in [2.45, 2.75) is 0 Å². The Balaban J connectivity index is 2.59. The van der Waals surface area contributed by atoms with E-state index in [2.05, 4.69) is 0 Å². The minimum Gasteiger partial charge on any atom is -0.493 e. The fraction of sp³-hybridized carbons (Fsp3) is 0.280. The molecular weight excluding hydrogens is 444 g/mol. The van der Waals surface area contributed by atoms with E-state index in [-0.39, 0.29) is 11.1 Å². The molecule has 0 bridgehead atoms. The summed E-state index contributed by atoms with van der Waals surface area (Å²) in [5.74, 6) is 0.524. The lowest BCUT2D eigenvalue weighted by Gasteiger charge is -2.23. The van der Waals surface area contributed by atoms with Crippen molar-refractivity contribution in [2.75, 3.05) is 49.8 Å². The number of rotatable bonds is 7. The van der Waals surface area contributed by atoms with Gasteiger partial charge in [-0.3, -0.25) is 0 Å². The number of hydrogen-bond acceptors (Lipinski definition) is 9. The van der Waals surface area contributed by atoms with Gasteiger partial charge in [0.25, 0.3) is 0 Å². The Morgan fingerprint density at radius 1 is 0.559 bits per heavy atom. The van der Waals surface area contributed by atoms with Gasteiger partial charge in [0.05, 0.1) is 60.9 Å². The highest BCUT2D eigenvalue weighted by molar-refractivity contribution is 6.14. The lowest BCUT2D eigenvalue weighted by atomic mass is 9.87. The lowest BCUT2D eigenvalue weighted by Crippen LogP contribution is -2.16. The molecule has 0 N–H and O–H groups in total. The fourth-order valence-electron chi connectivity index (χ4n) is 3.82. The van der Waals surface area contributed by atoms with Crippen LogP contribution >= 0.6 is 0 Å². The summed E-state index contributed by atoms with van der Waals surface area (Å²) in [4.78, 5) is 25.5. The summed E-state index contributed by atoms with van der Waals surface area (Å²) in [5, 5.41) is 0. The Labute approximate surface area is 197 Å². The average Bonchev–Trinajstić information content (AvgIpc) is 2.87. The van der Waals surface area contributed by atoms with Gasteiger partial charge in [0.2, 0.25) is 5.75 Å². The zero-order chi connectivity index (χ0) is 25.0. The van der Waals surface area contributed by atoms with E-state index in [1.807, 2.05) is 0 Å². The van der Waals surface area contributed by atoms with E-state index >= 15 is 0 Å². The highest BCUT2D eigenvalue weighted by Gasteiger charge is 2.30. The van der Waals surface area contributed by atoms with Crippen LogP contribution in [-0.4, -0.2) is 61.7 Å². The smallest absolute Gasteiger partial charge is 0.338 e. The maximum atomic E-state index is 12.8. The van der Waals surface area contributed by atoms with Crippen molar-refractivity contribution in [2.24, 2.45) is 0 Å². The second-order valence-corrected chi connectivity index (χ2v) is 7.00. The Morgan fingerprint density at radius 3 is 1.50 bits per heavy atom. The van der Waals surface area contributed by atoms with Gasteiger partial charge in [0.15, 0.2) is 23.0 Å². The molecule has 34 heavy (non-hydrogen) atoms. The Bertz CT molecular complexity index is 1190. The third-order valence-electron chi connectivity index (χ3n) is 5.39. The third kappa shape index (κ3) is 4.12. The summed E-state index contributed by atoms with van der Waals surface area (Å²) in [6.45, 7) is 0. The van der Waals surface area contributed by atoms with Crippen molar-refractivity contribution < 1.29 is 42.7 Å². The van der Waals surface area contributed by atoms with Crippen LogP contribution in [0.2, 0.25) is 0 Å². The van der Waals surface area contributed by atoms with Gasteiger partial charge in [-0.1, -0.05) is 0 Å². The topological polar surface area (TPSA) is 98.8 Å².